The van der Waals surface area contributed by atoms with Crippen molar-refractivity contribution in [2.24, 2.45) is 11.3 Å². The van der Waals surface area contributed by atoms with E-state index >= 15 is 0 Å². The van der Waals surface area contributed by atoms with Gasteiger partial charge >= 0.3 is 5.97 Å². The van der Waals surface area contributed by atoms with E-state index in [1.165, 1.54) is 0 Å². The molecule has 3 heteroatoms. The van der Waals surface area contributed by atoms with Gasteiger partial charge in [0.1, 0.15) is 0 Å². The van der Waals surface area contributed by atoms with Crippen molar-refractivity contribution in [2.75, 3.05) is 13.7 Å². The van der Waals surface area contributed by atoms with E-state index in [9.17, 15) is 4.79 Å². The highest BCUT2D eigenvalue weighted by Gasteiger charge is 2.58. The van der Waals surface area contributed by atoms with Gasteiger partial charge in [-0.05, 0) is 25.3 Å². The van der Waals surface area contributed by atoms with Crippen molar-refractivity contribution in [3.63, 3.8) is 0 Å². The summed E-state index contributed by atoms with van der Waals surface area (Å²) in [5.41, 5.74) is -0.388. The molecule has 0 heterocycles. The molecule has 0 N–H and O–H groups in total. The van der Waals surface area contributed by atoms with E-state index in [1.807, 2.05) is 13.0 Å². The summed E-state index contributed by atoms with van der Waals surface area (Å²) in [6, 6.07) is 0. The van der Waals surface area contributed by atoms with Crippen LogP contribution < -0.4 is 0 Å². The summed E-state index contributed by atoms with van der Waals surface area (Å²) in [5, 5.41) is 0. The molecular weight excluding hydrogens is 180 g/mol. The van der Waals surface area contributed by atoms with Crippen LogP contribution >= 0.6 is 0 Å². The van der Waals surface area contributed by atoms with Crippen molar-refractivity contribution >= 4 is 5.97 Å². The summed E-state index contributed by atoms with van der Waals surface area (Å²) < 4.78 is 9.90. The normalized spacial score (nSPS) is 30.4. The van der Waals surface area contributed by atoms with E-state index in [-0.39, 0.29) is 11.4 Å². The number of carbonyl (C=O) groups excluding carboxylic acids is 1. The molecule has 3 nitrogen and oxygen atoms in total. The van der Waals surface area contributed by atoms with Crippen LogP contribution in [0, 0.1) is 11.3 Å². The molecule has 0 aliphatic heterocycles. The molecule has 80 valence electrons. The largest absolute Gasteiger partial charge is 0.505 e. The minimum absolute atomic E-state index is 0.111. The number of carbonyl (C=O) groups is 1. The monoisotopic (exact) mass is 198 g/mol. The average molecular weight is 198 g/mol. The van der Waals surface area contributed by atoms with Gasteiger partial charge in [0.05, 0.1) is 25.4 Å². The molecule has 1 saturated carbocycles. The highest BCUT2D eigenvalue weighted by molar-refractivity contribution is 5.83. The van der Waals surface area contributed by atoms with Crippen molar-refractivity contribution in [1.29, 1.82) is 0 Å². The summed E-state index contributed by atoms with van der Waals surface area (Å²) in [7, 11) is 1.58. The van der Waals surface area contributed by atoms with E-state index in [4.69, 9.17) is 9.47 Å². The van der Waals surface area contributed by atoms with Crippen molar-refractivity contribution in [2.45, 2.75) is 26.7 Å². The lowest BCUT2D eigenvalue weighted by Gasteiger charge is -2.10. The summed E-state index contributed by atoms with van der Waals surface area (Å²) in [6.45, 7) is 4.36. The molecule has 1 rings (SSSR count). The molecule has 1 fully saturated rings. The van der Waals surface area contributed by atoms with Crippen LogP contribution in [0.1, 0.15) is 26.7 Å². The third kappa shape index (κ3) is 1.91. The second-order valence-electron chi connectivity index (χ2n) is 3.61. The smallest absolute Gasteiger partial charge is 0.316 e. The van der Waals surface area contributed by atoms with Crippen LogP contribution in [0.3, 0.4) is 0 Å². The molecule has 1 aliphatic carbocycles. The van der Waals surface area contributed by atoms with E-state index in [1.54, 1.807) is 13.4 Å². The fraction of sp³-hybridized carbons (Fsp3) is 0.727. The molecule has 0 unspecified atom stereocenters. The first kappa shape index (κ1) is 11.1. The maximum absolute atomic E-state index is 11.7. The maximum Gasteiger partial charge on any atom is 0.316 e. The third-order valence-corrected chi connectivity index (χ3v) is 2.80. The fourth-order valence-corrected chi connectivity index (χ4v) is 1.83. The minimum atomic E-state index is -0.388. The lowest BCUT2D eigenvalue weighted by molar-refractivity contribution is -0.148. The molecule has 0 saturated heterocycles. The molecule has 0 aromatic heterocycles. The van der Waals surface area contributed by atoms with Gasteiger partial charge in [0, 0.05) is 0 Å². The minimum Gasteiger partial charge on any atom is -0.505 e. The molecule has 0 spiro atoms. The van der Waals surface area contributed by atoms with Gasteiger partial charge < -0.3 is 9.47 Å². The molecular formula is C11H18O3. The van der Waals surface area contributed by atoms with Crippen molar-refractivity contribution in [3.05, 3.63) is 12.3 Å². The van der Waals surface area contributed by atoms with Crippen molar-refractivity contribution in [3.8, 4) is 0 Å². The molecule has 0 aromatic rings. The second kappa shape index (κ2) is 4.49. The number of methoxy groups -OCH3 is 1. The lowest BCUT2D eigenvalue weighted by atomic mass is 10.0. The first-order valence-corrected chi connectivity index (χ1v) is 5.09. The van der Waals surface area contributed by atoms with Gasteiger partial charge in [0.25, 0.3) is 0 Å². The van der Waals surface area contributed by atoms with Crippen LogP contribution in [-0.2, 0) is 14.3 Å². The Morgan fingerprint density at radius 1 is 1.57 bits per heavy atom. The highest BCUT2D eigenvalue weighted by atomic mass is 16.5. The number of hydrogen-bond donors (Lipinski definition) is 0. The van der Waals surface area contributed by atoms with Gasteiger partial charge in [-0.15, -0.1) is 0 Å². The number of rotatable bonds is 5. The Labute approximate surface area is 85.1 Å². The lowest BCUT2D eigenvalue weighted by Crippen LogP contribution is -2.19. The average Bonchev–Trinajstić information content (AvgIpc) is 2.90. The van der Waals surface area contributed by atoms with Crippen molar-refractivity contribution < 1.29 is 14.3 Å². The van der Waals surface area contributed by atoms with Gasteiger partial charge in [-0.2, -0.15) is 0 Å². The molecule has 14 heavy (non-hydrogen) atoms. The van der Waals surface area contributed by atoms with E-state index < -0.39 is 0 Å². The first-order valence-electron chi connectivity index (χ1n) is 5.09. The maximum atomic E-state index is 11.7. The van der Waals surface area contributed by atoms with Crippen LogP contribution in [0.5, 0.6) is 0 Å². The Bertz CT molecular complexity index is 235. The Morgan fingerprint density at radius 3 is 2.71 bits per heavy atom. The first-order chi connectivity index (χ1) is 6.71. The Hall–Kier alpha value is -0.990. The Kier molecular flexibility index (Phi) is 3.55. The van der Waals surface area contributed by atoms with Crippen LogP contribution in [0.25, 0.3) is 0 Å². The Balaban J connectivity index is 2.65. The number of esters is 1. The van der Waals surface area contributed by atoms with E-state index in [0.717, 1.165) is 12.8 Å². The summed E-state index contributed by atoms with van der Waals surface area (Å²) >= 11 is 0. The van der Waals surface area contributed by atoms with Gasteiger partial charge in [-0.1, -0.05) is 13.3 Å². The summed E-state index contributed by atoms with van der Waals surface area (Å²) in [4.78, 5) is 11.7. The predicted octanol–water partition coefficient (Wildman–Crippen LogP) is 2.13. The quantitative estimate of drug-likeness (QED) is 0.501. The Morgan fingerprint density at radius 2 is 2.29 bits per heavy atom. The predicted molar refractivity (Wildman–Crippen MR) is 53.6 cm³/mol. The molecule has 0 bridgehead atoms. The van der Waals surface area contributed by atoms with Gasteiger partial charge in [-0.25, -0.2) is 0 Å². The van der Waals surface area contributed by atoms with Gasteiger partial charge in [-0.3, -0.25) is 4.79 Å². The molecule has 0 amide bonds. The number of ether oxygens (including phenoxy) is 2. The second-order valence-corrected chi connectivity index (χ2v) is 3.61. The standard InChI is InChI=1S/C11H18O3/c1-4-9-8-11(9,6-7-13-3)10(12)14-5-2/h6-7,9H,4-5,8H2,1-3H3/t9-,11-/m1/s1. The van der Waals surface area contributed by atoms with E-state index in [0.29, 0.717) is 12.5 Å². The topological polar surface area (TPSA) is 35.5 Å². The van der Waals surface area contributed by atoms with E-state index in [2.05, 4.69) is 6.92 Å². The van der Waals surface area contributed by atoms with Crippen molar-refractivity contribution in [1.82, 2.24) is 0 Å². The van der Waals surface area contributed by atoms with Gasteiger partial charge in [0.2, 0.25) is 0 Å². The molecule has 0 aromatic carbocycles. The summed E-state index contributed by atoms with van der Waals surface area (Å²) in [6.07, 6.45) is 5.31. The van der Waals surface area contributed by atoms with Gasteiger partial charge in [0.15, 0.2) is 0 Å². The highest BCUT2D eigenvalue weighted by Crippen LogP contribution is 2.56. The molecule has 0 radical (unpaired) electrons. The summed E-state index contributed by atoms with van der Waals surface area (Å²) in [5.74, 6) is 0.313. The zero-order valence-corrected chi connectivity index (χ0v) is 9.08. The SMILES string of the molecule is CCOC(=O)[C@]1(C=COC)C[C@H]1CC. The zero-order valence-electron chi connectivity index (χ0n) is 9.08. The molecule has 2 atom stereocenters. The van der Waals surface area contributed by atoms with Crippen LogP contribution in [-0.4, -0.2) is 19.7 Å². The molecule has 1 aliphatic rings. The van der Waals surface area contributed by atoms with Crippen LogP contribution in [0.4, 0.5) is 0 Å². The fourth-order valence-electron chi connectivity index (χ4n) is 1.83. The van der Waals surface area contributed by atoms with Crippen LogP contribution in [0.2, 0.25) is 0 Å². The number of hydrogen-bond acceptors (Lipinski definition) is 3. The van der Waals surface area contributed by atoms with Crippen LogP contribution in [0.15, 0.2) is 12.3 Å². The zero-order chi connectivity index (χ0) is 10.6. The third-order valence-electron chi connectivity index (χ3n) is 2.80.